The predicted molar refractivity (Wildman–Crippen MR) is 144 cm³/mol. The summed E-state index contributed by atoms with van der Waals surface area (Å²) in [5.74, 6) is 0.256. The van der Waals surface area contributed by atoms with Crippen molar-refractivity contribution in [3.63, 3.8) is 0 Å². The number of nitriles is 1. The Bertz CT molecular complexity index is 1650. The quantitative estimate of drug-likeness (QED) is 0.319. The van der Waals surface area contributed by atoms with E-state index in [0.717, 1.165) is 47.9 Å². The third-order valence-corrected chi connectivity index (χ3v) is 9.20. The van der Waals surface area contributed by atoms with Crippen molar-refractivity contribution in [2.45, 2.75) is 56.5 Å². The molecule has 218 valence electrons. The Morgan fingerprint density at radius 2 is 2.05 bits per heavy atom. The van der Waals surface area contributed by atoms with Crippen molar-refractivity contribution in [3.8, 4) is 23.2 Å². The summed E-state index contributed by atoms with van der Waals surface area (Å²) in [6, 6.07) is 7.22. The Balaban J connectivity index is 1.02. The minimum absolute atomic E-state index is 0.0549. The number of ether oxygens (including phenoxy) is 1. The van der Waals surface area contributed by atoms with Crippen LogP contribution in [0.1, 0.15) is 43.0 Å². The van der Waals surface area contributed by atoms with Crippen molar-refractivity contribution >= 4 is 11.0 Å². The van der Waals surface area contributed by atoms with Gasteiger partial charge in [0, 0.05) is 72.9 Å². The molecule has 42 heavy (non-hydrogen) atoms. The van der Waals surface area contributed by atoms with Gasteiger partial charge in [-0.25, -0.2) is 15.0 Å². The van der Waals surface area contributed by atoms with Gasteiger partial charge in [0.2, 0.25) is 5.88 Å². The van der Waals surface area contributed by atoms with Crippen LogP contribution < -0.4 is 4.74 Å². The number of halogens is 3. The maximum Gasteiger partial charge on any atom is 0.433 e. The number of aromatic nitrogens is 6. The van der Waals surface area contributed by atoms with E-state index in [2.05, 4.69) is 30.9 Å². The van der Waals surface area contributed by atoms with Crippen LogP contribution in [0.15, 0.2) is 43.1 Å². The second kappa shape index (κ2) is 10.1. The van der Waals surface area contributed by atoms with Crippen molar-refractivity contribution in [2.24, 2.45) is 11.3 Å². The van der Waals surface area contributed by atoms with Crippen molar-refractivity contribution < 1.29 is 23.0 Å². The maximum absolute atomic E-state index is 13.3. The van der Waals surface area contributed by atoms with E-state index in [9.17, 15) is 23.5 Å². The number of piperidine rings is 1. The summed E-state index contributed by atoms with van der Waals surface area (Å²) in [6.07, 6.45) is 5.17. The van der Waals surface area contributed by atoms with Gasteiger partial charge in [-0.1, -0.05) is 0 Å². The summed E-state index contributed by atoms with van der Waals surface area (Å²) in [7, 11) is 0. The second-order valence-corrected chi connectivity index (χ2v) is 11.5. The molecule has 10 nitrogen and oxygen atoms in total. The average molecular weight is 579 g/mol. The van der Waals surface area contributed by atoms with E-state index in [4.69, 9.17) is 9.84 Å². The number of aliphatic hydroxyl groups is 1. The molecule has 2 aliphatic carbocycles. The molecule has 2 unspecified atom stereocenters. The molecule has 4 aromatic heterocycles. The summed E-state index contributed by atoms with van der Waals surface area (Å²) in [6.45, 7) is 1.24. The molecular formula is C29H29F3N8O2. The molecule has 13 heteroatoms. The van der Waals surface area contributed by atoms with E-state index in [-0.39, 0.29) is 36.5 Å². The van der Waals surface area contributed by atoms with E-state index >= 15 is 0 Å². The third-order valence-electron chi connectivity index (χ3n) is 9.20. The number of hydrogen-bond acceptors (Lipinski definition) is 8. The number of hydrogen-bond donors (Lipinski definition) is 2. The summed E-state index contributed by atoms with van der Waals surface area (Å²) >= 11 is 0. The fourth-order valence-electron chi connectivity index (χ4n) is 7.18. The minimum atomic E-state index is -4.59. The molecule has 0 radical (unpaired) electrons. The zero-order valence-electron chi connectivity index (χ0n) is 22.6. The van der Waals surface area contributed by atoms with Crippen LogP contribution in [0.3, 0.4) is 0 Å². The molecule has 1 aliphatic heterocycles. The molecule has 3 aliphatic rings. The van der Waals surface area contributed by atoms with Crippen LogP contribution in [0.25, 0.3) is 22.3 Å². The number of H-pyrrole nitrogens is 1. The summed E-state index contributed by atoms with van der Waals surface area (Å²) in [4.78, 5) is 18.0. The summed E-state index contributed by atoms with van der Waals surface area (Å²) in [5, 5.41) is 24.4. The number of pyridine rings is 1. The number of fused-ring (bicyclic) bond motifs is 2. The van der Waals surface area contributed by atoms with Gasteiger partial charge in [-0.05, 0) is 43.4 Å². The molecule has 5 heterocycles. The molecule has 0 spiro atoms. The fourth-order valence-corrected chi connectivity index (χ4v) is 7.18. The van der Waals surface area contributed by atoms with Gasteiger partial charge >= 0.3 is 6.18 Å². The molecule has 0 aromatic carbocycles. The van der Waals surface area contributed by atoms with E-state index in [1.165, 1.54) is 12.4 Å². The molecule has 1 saturated heterocycles. The van der Waals surface area contributed by atoms with E-state index < -0.39 is 11.9 Å². The Hall–Kier alpha value is -4.02. The largest absolute Gasteiger partial charge is 0.474 e. The van der Waals surface area contributed by atoms with Crippen LogP contribution in [0, 0.1) is 22.7 Å². The number of rotatable bonds is 8. The van der Waals surface area contributed by atoms with Crippen LogP contribution in [0.5, 0.6) is 5.88 Å². The van der Waals surface area contributed by atoms with E-state index in [1.54, 1.807) is 0 Å². The van der Waals surface area contributed by atoms with Crippen LogP contribution >= 0.6 is 0 Å². The van der Waals surface area contributed by atoms with E-state index in [1.807, 2.05) is 29.3 Å². The highest BCUT2D eigenvalue weighted by Gasteiger charge is 2.77. The van der Waals surface area contributed by atoms with Gasteiger partial charge in [0.15, 0.2) is 0 Å². The number of aliphatic hydroxyl groups excluding tert-OH is 1. The van der Waals surface area contributed by atoms with Crippen molar-refractivity contribution in [2.75, 3.05) is 19.7 Å². The van der Waals surface area contributed by atoms with Gasteiger partial charge < -0.3 is 14.8 Å². The van der Waals surface area contributed by atoms with Crippen LogP contribution in [-0.2, 0) is 12.6 Å². The van der Waals surface area contributed by atoms with Crippen molar-refractivity contribution in [1.82, 2.24) is 34.6 Å². The zero-order valence-corrected chi connectivity index (χ0v) is 22.6. The van der Waals surface area contributed by atoms with Crippen molar-refractivity contribution in [3.05, 3.63) is 54.4 Å². The predicted octanol–water partition coefficient (Wildman–Crippen LogP) is 4.16. The molecule has 0 amide bonds. The maximum atomic E-state index is 13.3. The van der Waals surface area contributed by atoms with Gasteiger partial charge in [0.25, 0.3) is 0 Å². The normalized spacial score (nSPS) is 26.0. The smallest absolute Gasteiger partial charge is 0.433 e. The lowest BCUT2D eigenvalue weighted by atomic mass is 9.76. The molecular weight excluding hydrogens is 549 g/mol. The first-order valence-corrected chi connectivity index (χ1v) is 14.1. The third kappa shape index (κ3) is 4.49. The van der Waals surface area contributed by atoms with Gasteiger partial charge in [-0.2, -0.15) is 23.5 Å². The molecule has 4 atom stereocenters. The molecule has 2 N–H and O–H groups in total. The molecule has 7 rings (SSSR count). The fraction of sp³-hybridized carbons (Fsp3) is 0.483. The molecule has 4 aromatic rings. The van der Waals surface area contributed by atoms with E-state index in [0.29, 0.717) is 36.8 Å². The zero-order chi connectivity index (χ0) is 29.1. The Labute approximate surface area is 239 Å². The number of likely N-dealkylation sites (tertiary alicyclic amines) is 1. The number of aromatic amines is 1. The first kappa shape index (κ1) is 26.9. The molecule has 3 fully saturated rings. The van der Waals surface area contributed by atoms with Gasteiger partial charge in [-0.3, -0.25) is 9.58 Å². The topological polar surface area (TPSA) is 129 Å². The van der Waals surface area contributed by atoms with Gasteiger partial charge in [0.05, 0.1) is 24.0 Å². The molecule has 2 saturated carbocycles. The minimum Gasteiger partial charge on any atom is -0.474 e. The first-order valence-electron chi connectivity index (χ1n) is 14.1. The highest BCUT2D eigenvalue weighted by atomic mass is 19.4. The lowest BCUT2D eigenvalue weighted by Crippen LogP contribution is -2.50. The lowest BCUT2D eigenvalue weighted by molar-refractivity contribution is -0.141. The monoisotopic (exact) mass is 578 g/mol. The van der Waals surface area contributed by atoms with Crippen LogP contribution in [0.2, 0.25) is 0 Å². The average Bonchev–Trinajstić information content (AvgIpc) is 3.41. The van der Waals surface area contributed by atoms with Gasteiger partial charge in [0.1, 0.15) is 23.8 Å². The standard InChI is InChI=1S/C29H29F3N8O2/c30-29(31,32)22-11-17(4-10-41)12-23(38-22)42-19-2-8-39(9-3-19)21-13-28(5-6-33)24(21)26(28)40-15-18(14-37-40)25-20-1-7-34-27(20)36-16-35-25/h1,7,11-12,14-16,19,21,24,26,41H,2-5,8-10,13H2,(H,34,35,36)/t21-,24?,26?,28-/m0/s1. The van der Waals surface area contributed by atoms with Crippen molar-refractivity contribution in [1.29, 1.82) is 5.26 Å². The van der Waals surface area contributed by atoms with Crippen LogP contribution in [0.4, 0.5) is 13.2 Å². The Morgan fingerprint density at radius 3 is 2.81 bits per heavy atom. The summed E-state index contributed by atoms with van der Waals surface area (Å²) in [5.41, 5.74) is 1.72. The second-order valence-electron chi connectivity index (χ2n) is 11.5. The number of nitrogens with one attached hydrogen (secondary N) is 1. The number of alkyl halides is 3. The SMILES string of the molecule is N#CC[C@]12C[C@H](N3CCC(Oc4cc(CCO)cc(C(F)(F)F)n4)CC3)C1C2n1cc(-c2ncnc3[nH]ccc23)cn1. The van der Waals surface area contributed by atoms with Gasteiger partial charge in [-0.15, -0.1) is 0 Å². The molecule has 0 bridgehead atoms. The van der Waals surface area contributed by atoms with Crippen LogP contribution in [-0.4, -0.2) is 71.6 Å². The Morgan fingerprint density at radius 1 is 1.21 bits per heavy atom. The Kier molecular flexibility index (Phi) is 6.43. The summed E-state index contributed by atoms with van der Waals surface area (Å²) < 4.78 is 48.0. The number of nitrogens with zero attached hydrogens (tertiary/aromatic N) is 7. The first-order chi connectivity index (χ1) is 20.3. The highest BCUT2D eigenvalue weighted by molar-refractivity contribution is 5.90. The highest BCUT2D eigenvalue weighted by Crippen LogP contribution is 2.77. The lowest BCUT2D eigenvalue weighted by Gasteiger charge is -2.44.